The molecule has 0 aliphatic heterocycles. The van der Waals surface area contributed by atoms with Crippen molar-refractivity contribution in [2.24, 2.45) is 5.10 Å². The molecule has 0 aromatic heterocycles. The molecule has 2 nitrogen and oxygen atoms in total. The van der Waals surface area contributed by atoms with Gasteiger partial charge in [0.25, 0.3) is 0 Å². The van der Waals surface area contributed by atoms with Crippen LogP contribution in [0.25, 0.3) is 0 Å². The van der Waals surface area contributed by atoms with E-state index in [1.54, 1.807) is 7.05 Å². The van der Waals surface area contributed by atoms with E-state index in [9.17, 15) is 0 Å². The molecule has 0 aliphatic rings. The number of halogens is 1. The van der Waals surface area contributed by atoms with Crippen LogP contribution in [0.2, 0.25) is 0 Å². The predicted octanol–water partition coefficient (Wildman–Crippen LogP) is 2.39. The quantitative estimate of drug-likeness (QED) is 0.608. The topological polar surface area (TPSA) is 24.4 Å². The first kappa shape index (κ1) is 9.26. The lowest BCUT2D eigenvalue weighted by molar-refractivity contribution is 0.899. The number of nitrogens with zero attached hydrogens (tertiary/aromatic N) is 1. The molecule has 0 bridgehead atoms. The summed E-state index contributed by atoms with van der Waals surface area (Å²) in [4.78, 5) is 0. The molecule has 0 atom stereocenters. The van der Waals surface area contributed by atoms with Crippen molar-refractivity contribution in [1.29, 1.82) is 0 Å². The zero-order valence-electron chi connectivity index (χ0n) is 7.13. The molecule has 64 valence electrons. The van der Waals surface area contributed by atoms with E-state index in [0.717, 1.165) is 15.7 Å². The van der Waals surface area contributed by atoms with E-state index in [1.165, 1.54) is 0 Å². The lowest BCUT2D eigenvalue weighted by atomic mass is 10.1. The minimum absolute atomic E-state index is 0.977. The molecule has 1 N–H and O–H groups in total. The van der Waals surface area contributed by atoms with E-state index < -0.39 is 0 Å². The highest BCUT2D eigenvalue weighted by Gasteiger charge is 2.00. The summed E-state index contributed by atoms with van der Waals surface area (Å²) in [7, 11) is 1.79. The van der Waals surface area contributed by atoms with E-state index in [2.05, 4.69) is 26.5 Å². The van der Waals surface area contributed by atoms with Crippen LogP contribution in [0.5, 0.6) is 0 Å². The molecule has 0 amide bonds. The Kier molecular flexibility index (Phi) is 3.29. The van der Waals surface area contributed by atoms with Crippen LogP contribution < -0.4 is 5.43 Å². The predicted molar refractivity (Wildman–Crippen MR) is 55.4 cm³/mol. The highest BCUT2D eigenvalue weighted by molar-refractivity contribution is 9.10. The van der Waals surface area contributed by atoms with Gasteiger partial charge in [-0.2, -0.15) is 5.10 Å². The van der Waals surface area contributed by atoms with Crippen molar-refractivity contribution in [2.45, 2.75) is 6.92 Å². The lowest BCUT2D eigenvalue weighted by Gasteiger charge is -2.02. The summed E-state index contributed by atoms with van der Waals surface area (Å²) >= 11 is 3.46. The molecule has 3 heteroatoms. The largest absolute Gasteiger partial charge is 0.313 e. The lowest BCUT2D eigenvalue weighted by Crippen LogP contribution is -2.03. The molecule has 0 fully saturated rings. The first-order valence-corrected chi connectivity index (χ1v) is 4.51. The Morgan fingerprint density at radius 1 is 1.42 bits per heavy atom. The maximum absolute atomic E-state index is 4.09. The van der Waals surface area contributed by atoms with Crippen molar-refractivity contribution in [3.63, 3.8) is 0 Å². The van der Waals surface area contributed by atoms with Gasteiger partial charge in [0.2, 0.25) is 0 Å². The van der Waals surface area contributed by atoms with Gasteiger partial charge >= 0.3 is 0 Å². The summed E-state index contributed by atoms with van der Waals surface area (Å²) in [5.41, 5.74) is 4.85. The van der Waals surface area contributed by atoms with Crippen molar-refractivity contribution in [3.05, 3.63) is 34.3 Å². The van der Waals surface area contributed by atoms with Crippen LogP contribution in [0.4, 0.5) is 0 Å². The number of hydrogen-bond donors (Lipinski definition) is 1. The number of hydrogen-bond acceptors (Lipinski definition) is 2. The van der Waals surface area contributed by atoms with E-state index in [4.69, 9.17) is 0 Å². The third kappa shape index (κ3) is 2.08. The van der Waals surface area contributed by atoms with E-state index >= 15 is 0 Å². The molecule has 12 heavy (non-hydrogen) atoms. The summed E-state index contributed by atoms with van der Waals surface area (Å²) in [6.07, 6.45) is 0. The van der Waals surface area contributed by atoms with Gasteiger partial charge in [-0.05, 0) is 13.0 Å². The number of nitrogens with one attached hydrogen (secondary N) is 1. The Morgan fingerprint density at radius 3 is 2.67 bits per heavy atom. The van der Waals surface area contributed by atoms with Gasteiger partial charge in [-0.3, -0.25) is 0 Å². The second-order valence-electron chi connectivity index (χ2n) is 2.40. The average Bonchev–Trinajstić information content (AvgIpc) is 2.05. The molecule has 0 spiro atoms. The second-order valence-corrected chi connectivity index (χ2v) is 3.26. The third-order valence-corrected chi connectivity index (χ3v) is 2.23. The highest BCUT2D eigenvalue weighted by atomic mass is 79.9. The molecule has 1 aromatic rings. The Bertz CT molecular complexity index is 294. The Labute approximate surface area is 80.8 Å². The van der Waals surface area contributed by atoms with Crippen LogP contribution in [0, 0.1) is 0 Å². The highest BCUT2D eigenvalue weighted by Crippen LogP contribution is 2.16. The summed E-state index contributed by atoms with van der Waals surface area (Å²) < 4.78 is 1.07. The summed E-state index contributed by atoms with van der Waals surface area (Å²) in [6, 6.07) is 8.01. The SMILES string of the molecule is CN/N=C(\C)c1ccccc1Br. The molecular weight excluding hydrogens is 216 g/mol. The van der Waals surface area contributed by atoms with Gasteiger partial charge in [0, 0.05) is 17.1 Å². The van der Waals surface area contributed by atoms with Gasteiger partial charge in [-0.25, -0.2) is 0 Å². The fourth-order valence-corrected chi connectivity index (χ4v) is 1.55. The fourth-order valence-electron chi connectivity index (χ4n) is 0.983. The monoisotopic (exact) mass is 226 g/mol. The molecule has 0 unspecified atom stereocenters. The number of rotatable bonds is 2. The molecular formula is C9H11BrN2. The molecule has 0 saturated carbocycles. The first-order valence-electron chi connectivity index (χ1n) is 3.71. The zero-order chi connectivity index (χ0) is 8.97. The Morgan fingerprint density at radius 2 is 2.08 bits per heavy atom. The van der Waals surface area contributed by atoms with Gasteiger partial charge in [0.05, 0.1) is 5.71 Å². The molecule has 0 saturated heterocycles. The van der Waals surface area contributed by atoms with Crippen LogP contribution >= 0.6 is 15.9 Å². The minimum atomic E-state index is 0.977. The van der Waals surface area contributed by atoms with Gasteiger partial charge in [0.15, 0.2) is 0 Å². The van der Waals surface area contributed by atoms with Crippen molar-refractivity contribution >= 4 is 21.6 Å². The molecule has 0 heterocycles. The molecule has 0 radical (unpaired) electrons. The van der Waals surface area contributed by atoms with Crippen LogP contribution in [0.15, 0.2) is 33.8 Å². The van der Waals surface area contributed by atoms with Crippen LogP contribution in [0.3, 0.4) is 0 Å². The molecule has 0 aliphatic carbocycles. The van der Waals surface area contributed by atoms with Crippen molar-refractivity contribution in [1.82, 2.24) is 5.43 Å². The van der Waals surface area contributed by atoms with E-state index in [0.29, 0.717) is 0 Å². The normalized spacial score (nSPS) is 11.4. The van der Waals surface area contributed by atoms with Crippen LogP contribution in [-0.2, 0) is 0 Å². The van der Waals surface area contributed by atoms with Gasteiger partial charge in [-0.15, -0.1) is 0 Å². The molecule has 1 rings (SSSR count). The first-order chi connectivity index (χ1) is 5.75. The third-order valence-electron chi connectivity index (χ3n) is 1.54. The summed E-state index contributed by atoms with van der Waals surface area (Å²) in [5, 5.41) is 4.09. The second kappa shape index (κ2) is 4.26. The van der Waals surface area contributed by atoms with Crippen LogP contribution in [0.1, 0.15) is 12.5 Å². The van der Waals surface area contributed by atoms with Crippen molar-refractivity contribution in [2.75, 3.05) is 7.05 Å². The smallest absolute Gasteiger partial charge is 0.0655 e. The van der Waals surface area contributed by atoms with Gasteiger partial charge in [0.1, 0.15) is 0 Å². The summed E-state index contributed by atoms with van der Waals surface area (Å²) in [5.74, 6) is 0. The standard InChI is InChI=1S/C9H11BrN2/c1-7(12-11-2)8-5-3-4-6-9(8)10/h3-6,11H,1-2H3/b12-7+. The number of benzene rings is 1. The molecule has 1 aromatic carbocycles. The van der Waals surface area contributed by atoms with Gasteiger partial charge in [-0.1, -0.05) is 34.1 Å². The Balaban J connectivity index is 3.02. The van der Waals surface area contributed by atoms with E-state index in [1.807, 2.05) is 31.2 Å². The van der Waals surface area contributed by atoms with Gasteiger partial charge < -0.3 is 5.43 Å². The fraction of sp³-hybridized carbons (Fsp3) is 0.222. The van der Waals surface area contributed by atoms with Crippen LogP contribution in [-0.4, -0.2) is 12.8 Å². The van der Waals surface area contributed by atoms with E-state index in [-0.39, 0.29) is 0 Å². The van der Waals surface area contributed by atoms with Crippen molar-refractivity contribution in [3.8, 4) is 0 Å². The maximum Gasteiger partial charge on any atom is 0.0655 e. The summed E-state index contributed by atoms with van der Waals surface area (Å²) in [6.45, 7) is 1.97. The van der Waals surface area contributed by atoms with Crippen molar-refractivity contribution < 1.29 is 0 Å². The zero-order valence-corrected chi connectivity index (χ0v) is 8.72. The average molecular weight is 227 g/mol. The number of hydrazone groups is 1. The maximum atomic E-state index is 4.09. The Hall–Kier alpha value is -0.830. The minimum Gasteiger partial charge on any atom is -0.313 e.